The molecule has 4 heterocycles. The van der Waals surface area contributed by atoms with Gasteiger partial charge in [-0.25, -0.2) is 18.1 Å². The fourth-order valence-electron chi connectivity index (χ4n) is 8.34. The molecule has 0 spiro atoms. The number of alkyl halides is 3. The van der Waals surface area contributed by atoms with E-state index in [0.717, 1.165) is 53.6 Å². The normalized spacial score (nSPS) is 18.4. The fourth-order valence-corrected chi connectivity index (χ4v) is 9.62. The van der Waals surface area contributed by atoms with Gasteiger partial charge < -0.3 is 29.4 Å². The number of aromatic amines is 1. The predicted octanol–water partition coefficient (Wildman–Crippen LogP) is 8.67. The Hall–Kier alpha value is -5.73. The Kier molecular flexibility index (Phi) is 13.1. The van der Waals surface area contributed by atoms with Crippen LogP contribution in [0.1, 0.15) is 54.6 Å². The van der Waals surface area contributed by atoms with Crippen LogP contribution in [0.2, 0.25) is 5.02 Å². The molecule has 5 aromatic rings. The summed E-state index contributed by atoms with van der Waals surface area (Å²) in [6.07, 6.45) is 0.732. The van der Waals surface area contributed by atoms with Crippen molar-refractivity contribution in [3.05, 3.63) is 117 Å². The van der Waals surface area contributed by atoms with Gasteiger partial charge in [0.25, 0.3) is 21.6 Å². The minimum atomic E-state index is -4.64. The van der Waals surface area contributed by atoms with Crippen molar-refractivity contribution < 1.29 is 45.5 Å². The van der Waals surface area contributed by atoms with E-state index in [1.54, 1.807) is 30.5 Å². The lowest BCUT2D eigenvalue weighted by molar-refractivity contribution is -0.384. The summed E-state index contributed by atoms with van der Waals surface area (Å²) in [5, 5.41) is 15.8. The van der Waals surface area contributed by atoms with Crippen LogP contribution in [0.15, 0.2) is 89.6 Å². The van der Waals surface area contributed by atoms with E-state index in [9.17, 15) is 36.5 Å². The number of halogens is 4. The van der Waals surface area contributed by atoms with Crippen molar-refractivity contribution in [2.24, 2.45) is 5.41 Å². The summed E-state index contributed by atoms with van der Waals surface area (Å²) in [4.78, 5) is 36.5. The van der Waals surface area contributed by atoms with Crippen LogP contribution in [0, 0.1) is 15.5 Å². The summed E-state index contributed by atoms with van der Waals surface area (Å²) < 4.78 is 87.0. The van der Waals surface area contributed by atoms with E-state index in [1.807, 2.05) is 0 Å². The molecule has 2 aliphatic heterocycles. The van der Waals surface area contributed by atoms with Crippen LogP contribution in [0.5, 0.6) is 11.5 Å². The van der Waals surface area contributed by atoms with Gasteiger partial charge in [-0.3, -0.25) is 19.8 Å². The van der Waals surface area contributed by atoms with Crippen molar-refractivity contribution in [2.75, 3.05) is 69.3 Å². The SMILES string of the molecule is CC1(C)CCC(CN2CCN(c3ccc(C(=O)NS(=O)(=O)c4ccc(NC[C@H]5COCCO5)c([N+](=O)[O-])c4)c(Oc4cnc5[nH]ccc5c4)c3)CC2)=C(c2ccc(C(F)(F)F)cc2Cl)C1. The minimum Gasteiger partial charge on any atom is -0.455 e. The van der Waals surface area contributed by atoms with Crippen molar-refractivity contribution in [3.63, 3.8) is 0 Å². The highest BCUT2D eigenvalue weighted by molar-refractivity contribution is 7.90. The molecule has 3 aromatic carbocycles. The first-order valence-corrected chi connectivity index (χ1v) is 22.9. The monoisotopic (exact) mass is 937 g/mol. The van der Waals surface area contributed by atoms with Crippen molar-refractivity contribution in [3.8, 4) is 11.5 Å². The maximum absolute atomic E-state index is 13.9. The number of nitrogens with one attached hydrogen (secondary N) is 3. The first kappa shape index (κ1) is 45.8. The van der Waals surface area contributed by atoms with E-state index >= 15 is 0 Å². The van der Waals surface area contributed by atoms with Gasteiger partial charge in [-0.15, -0.1) is 0 Å². The third-order valence-electron chi connectivity index (χ3n) is 11.9. The second-order valence-electron chi connectivity index (χ2n) is 17.1. The van der Waals surface area contributed by atoms with E-state index in [4.69, 9.17) is 25.8 Å². The maximum atomic E-state index is 13.9. The molecule has 1 aliphatic carbocycles. The number of anilines is 2. The summed E-state index contributed by atoms with van der Waals surface area (Å²) in [5.74, 6) is -0.700. The number of nitro groups is 1. The molecule has 3 N–H and O–H groups in total. The maximum Gasteiger partial charge on any atom is 0.416 e. The zero-order valence-electron chi connectivity index (χ0n) is 35.5. The average molecular weight is 938 g/mol. The lowest BCUT2D eigenvalue weighted by Crippen LogP contribution is -2.47. The largest absolute Gasteiger partial charge is 0.455 e. The number of hydrogen-bond donors (Lipinski definition) is 3. The van der Waals surface area contributed by atoms with E-state index in [2.05, 4.69) is 43.7 Å². The third-order valence-corrected chi connectivity index (χ3v) is 13.5. The molecule has 2 aromatic heterocycles. The first-order valence-electron chi connectivity index (χ1n) is 21.0. The number of carbonyl (C=O) groups excluding carboxylic acids is 1. The van der Waals surface area contributed by atoms with E-state index < -0.39 is 43.2 Å². The van der Waals surface area contributed by atoms with Gasteiger partial charge in [0.2, 0.25) is 0 Å². The molecule has 65 heavy (non-hydrogen) atoms. The number of fused-ring (bicyclic) bond motifs is 1. The molecule has 15 nitrogen and oxygen atoms in total. The number of amides is 1. The second-order valence-corrected chi connectivity index (χ2v) is 19.2. The Bertz CT molecular complexity index is 2750. The second kappa shape index (κ2) is 18.6. The van der Waals surface area contributed by atoms with Gasteiger partial charge >= 0.3 is 6.18 Å². The summed E-state index contributed by atoms with van der Waals surface area (Å²) in [6, 6.07) is 15.2. The van der Waals surface area contributed by atoms with Gasteiger partial charge in [-0.2, -0.15) is 13.2 Å². The van der Waals surface area contributed by atoms with Gasteiger partial charge in [0.15, 0.2) is 0 Å². The van der Waals surface area contributed by atoms with Crippen molar-refractivity contribution in [1.29, 1.82) is 0 Å². The topological polar surface area (TPSA) is 181 Å². The number of pyridine rings is 1. The zero-order valence-corrected chi connectivity index (χ0v) is 37.1. The number of benzene rings is 3. The number of rotatable bonds is 13. The molecule has 0 saturated carbocycles. The van der Waals surface area contributed by atoms with Gasteiger partial charge in [0.05, 0.1) is 53.1 Å². The Morgan fingerprint density at radius 1 is 1.06 bits per heavy atom. The number of allylic oxidation sites excluding steroid dienone is 1. The van der Waals surface area contributed by atoms with Crippen LogP contribution in [0.4, 0.5) is 30.2 Å². The molecule has 1 amide bonds. The molecule has 1 atom stereocenters. The van der Waals surface area contributed by atoms with Crippen LogP contribution in [0.3, 0.4) is 0 Å². The van der Waals surface area contributed by atoms with Crippen molar-refractivity contribution in [2.45, 2.75) is 50.3 Å². The highest BCUT2D eigenvalue weighted by Crippen LogP contribution is 2.46. The first-order chi connectivity index (χ1) is 30.9. The molecular weight excluding hydrogens is 891 g/mol. The summed E-state index contributed by atoms with van der Waals surface area (Å²) in [5.41, 5.74) is 2.67. The standard InChI is InChI=1S/C45H47ClF3N7O8S/c1-44(2)11-9-29(37(23-44)35-6-3-30(20-38(35)46)45(47,48)49)26-54-13-15-55(16-14-54)31-4-7-36(41(21-31)64-32-19-28-10-12-50-42(28)52-24-32)43(57)53-65(60,61)34-5-8-39(40(22-34)56(58)59)51-25-33-27-62-17-18-63-33/h3-8,10,12,19-22,24,33,51H,9,11,13-18,23,25-27H2,1-2H3,(H,50,52)(H,53,57)/t33-/m0/s1. The molecule has 344 valence electrons. The quantitative estimate of drug-likeness (QED) is 0.0756. The van der Waals surface area contributed by atoms with Gasteiger partial charge in [-0.05, 0) is 84.3 Å². The number of nitrogens with zero attached hydrogens (tertiary/aromatic N) is 4. The molecule has 2 saturated heterocycles. The Morgan fingerprint density at radius 2 is 1.86 bits per heavy atom. The van der Waals surface area contributed by atoms with E-state index in [1.165, 1.54) is 24.4 Å². The van der Waals surface area contributed by atoms with Crippen LogP contribution >= 0.6 is 11.6 Å². The van der Waals surface area contributed by atoms with Gasteiger partial charge in [0, 0.05) is 73.7 Å². The van der Waals surface area contributed by atoms with Crippen molar-refractivity contribution >= 4 is 61.2 Å². The zero-order chi connectivity index (χ0) is 46.1. The van der Waals surface area contributed by atoms with Gasteiger partial charge in [0.1, 0.15) is 22.8 Å². The van der Waals surface area contributed by atoms with E-state index in [-0.39, 0.29) is 45.8 Å². The average Bonchev–Trinajstić information content (AvgIpc) is 3.74. The predicted molar refractivity (Wildman–Crippen MR) is 239 cm³/mol. The Balaban J connectivity index is 1.01. The van der Waals surface area contributed by atoms with Crippen LogP contribution in [-0.2, 0) is 25.7 Å². The molecule has 0 radical (unpaired) electrons. The van der Waals surface area contributed by atoms with Crippen LogP contribution < -0.4 is 19.7 Å². The van der Waals surface area contributed by atoms with Crippen LogP contribution in [-0.4, -0.2) is 99.3 Å². The van der Waals surface area contributed by atoms with E-state index in [0.29, 0.717) is 75.9 Å². The molecular formula is C45H47ClF3N7O8S. The number of aromatic nitrogens is 2. The number of H-pyrrole nitrogens is 1. The van der Waals surface area contributed by atoms with Crippen LogP contribution in [0.25, 0.3) is 16.6 Å². The molecule has 0 unspecified atom stereocenters. The summed E-state index contributed by atoms with van der Waals surface area (Å²) in [7, 11) is -4.64. The minimum absolute atomic E-state index is 0.0433. The summed E-state index contributed by atoms with van der Waals surface area (Å²) in [6.45, 7) is 8.70. The number of piperazine rings is 1. The number of carbonyl (C=O) groups is 1. The number of nitro benzene ring substituents is 1. The van der Waals surface area contributed by atoms with Gasteiger partial charge in [-0.1, -0.05) is 37.1 Å². The number of hydrogen-bond acceptors (Lipinski definition) is 12. The molecule has 2 fully saturated rings. The molecule has 20 heteroatoms. The Labute approximate surface area is 378 Å². The summed E-state index contributed by atoms with van der Waals surface area (Å²) >= 11 is 6.53. The Morgan fingerprint density at radius 3 is 2.58 bits per heavy atom. The number of sulfonamides is 1. The lowest BCUT2D eigenvalue weighted by Gasteiger charge is -2.39. The highest BCUT2D eigenvalue weighted by atomic mass is 35.5. The lowest BCUT2D eigenvalue weighted by atomic mass is 9.72. The van der Waals surface area contributed by atoms with Crippen molar-refractivity contribution in [1.82, 2.24) is 19.6 Å². The molecule has 0 bridgehead atoms. The number of ether oxygens (including phenoxy) is 3. The molecule has 8 rings (SSSR count). The third kappa shape index (κ3) is 10.7. The molecule has 3 aliphatic rings. The fraction of sp³-hybridized carbons (Fsp3) is 0.378. The smallest absolute Gasteiger partial charge is 0.416 e. The highest BCUT2D eigenvalue weighted by Gasteiger charge is 2.34.